The average molecular weight is 273 g/mol. The number of hydrogen-bond acceptors (Lipinski definition) is 3. The first-order valence-corrected chi connectivity index (χ1v) is 6.05. The van der Waals surface area contributed by atoms with E-state index in [4.69, 9.17) is 11.5 Å². The van der Waals surface area contributed by atoms with Crippen molar-refractivity contribution in [3.05, 3.63) is 34.8 Å². The summed E-state index contributed by atoms with van der Waals surface area (Å²) in [5.41, 5.74) is 12.0. The molecule has 0 saturated carbocycles. The van der Waals surface area contributed by atoms with Crippen LogP contribution >= 0.6 is 27.7 Å². The van der Waals surface area contributed by atoms with Crippen molar-refractivity contribution < 1.29 is 0 Å². The van der Waals surface area contributed by atoms with Crippen molar-refractivity contribution in [2.75, 3.05) is 18.0 Å². The molecule has 76 valence electrons. The van der Waals surface area contributed by atoms with E-state index in [1.165, 1.54) is 0 Å². The predicted octanol–water partition coefficient (Wildman–Crippen LogP) is 2.64. The lowest BCUT2D eigenvalue weighted by molar-refractivity contribution is 1.25. The minimum atomic E-state index is 0.594. The topological polar surface area (TPSA) is 52.0 Å². The smallest absolute Gasteiger partial charge is 0.0463 e. The zero-order valence-corrected chi connectivity index (χ0v) is 10.1. The molecule has 0 bridgehead atoms. The second-order valence-corrected chi connectivity index (χ2v) is 4.68. The van der Waals surface area contributed by atoms with Gasteiger partial charge in [0.1, 0.15) is 0 Å². The molecule has 0 saturated heterocycles. The maximum Gasteiger partial charge on any atom is 0.0463 e. The van der Waals surface area contributed by atoms with Crippen LogP contribution in [0.5, 0.6) is 0 Å². The summed E-state index contributed by atoms with van der Waals surface area (Å²) in [6.07, 6.45) is 3.99. The summed E-state index contributed by atoms with van der Waals surface area (Å²) in [7, 11) is 0. The van der Waals surface area contributed by atoms with Crippen LogP contribution in [-0.2, 0) is 0 Å². The van der Waals surface area contributed by atoms with Crippen LogP contribution in [0.2, 0.25) is 0 Å². The van der Waals surface area contributed by atoms with E-state index in [0.29, 0.717) is 6.54 Å². The summed E-state index contributed by atoms with van der Waals surface area (Å²) in [4.78, 5) is 1.11. The van der Waals surface area contributed by atoms with Gasteiger partial charge in [0.05, 0.1) is 0 Å². The van der Waals surface area contributed by atoms with Gasteiger partial charge in [0.15, 0.2) is 0 Å². The van der Waals surface area contributed by atoms with E-state index in [1.807, 2.05) is 30.4 Å². The Labute approximate surface area is 96.9 Å². The largest absolute Gasteiger partial charge is 0.398 e. The molecule has 0 aliphatic rings. The van der Waals surface area contributed by atoms with Crippen molar-refractivity contribution in [1.29, 1.82) is 0 Å². The second kappa shape index (κ2) is 6.11. The molecule has 0 aromatic heterocycles. The molecule has 0 atom stereocenters. The number of thioether (sulfide) groups is 1. The van der Waals surface area contributed by atoms with E-state index >= 15 is 0 Å². The highest BCUT2D eigenvalue weighted by molar-refractivity contribution is 9.10. The SMILES string of the molecule is NCC=CCSc1ccc(Br)cc1N. The van der Waals surface area contributed by atoms with Crippen LogP contribution in [0.3, 0.4) is 0 Å². The van der Waals surface area contributed by atoms with E-state index in [1.54, 1.807) is 11.8 Å². The third-order valence-electron chi connectivity index (χ3n) is 1.61. The first kappa shape index (κ1) is 11.6. The van der Waals surface area contributed by atoms with Crippen LogP contribution in [0.4, 0.5) is 5.69 Å². The molecule has 1 aromatic carbocycles. The molecule has 1 rings (SSSR count). The molecule has 0 aliphatic carbocycles. The van der Waals surface area contributed by atoms with Gasteiger partial charge in [0.25, 0.3) is 0 Å². The van der Waals surface area contributed by atoms with Gasteiger partial charge < -0.3 is 11.5 Å². The van der Waals surface area contributed by atoms with Gasteiger partial charge in [0.2, 0.25) is 0 Å². The monoisotopic (exact) mass is 272 g/mol. The summed E-state index contributed by atoms with van der Waals surface area (Å²) in [6.45, 7) is 0.594. The van der Waals surface area contributed by atoms with E-state index in [-0.39, 0.29) is 0 Å². The lowest BCUT2D eigenvalue weighted by Gasteiger charge is -2.03. The highest BCUT2D eigenvalue weighted by Gasteiger charge is 1.98. The van der Waals surface area contributed by atoms with E-state index in [2.05, 4.69) is 15.9 Å². The first-order valence-electron chi connectivity index (χ1n) is 4.27. The number of benzene rings is 1. The van der Waals surface area contributed by atoms with Crippen molar-refractivity contribution >= 4 is 33.4 Å². The quantitative estimate of drug-likeness (QED) is 0.503. The van der Waals surface area contributed by atoms with Crippen LogP contribution in [0.1, 0.15) is 0 Å². The summed E-state index contributed by atoms with van der Waals surface area (Å²) in [5, 5.41) is 0. The fourth-order valence-corrected chi connectivity index (χ4v) is 2.13. The van der Waals surface area contributed by atoms with Gasteiger partial charge in [-0.05, 0) is 18.2 Å². The van der Waals surface area contributed by atoms with Gasteiger partial charge in [-0.25, -0.2) is 0 Å². The Balaban J connectivity index is 2.55. The van der Waals surface area contributed by atoms with Crippen molar-refractivity contribution in [1.82, 2.24) is 0 Å². The molecule has 14 heavy (non-hydrogen) atoms. The van der Waals surface area contributed by atoms with E-state index in [0.717, 1.165) is 20.8 Å². The molecule has 0 heterocycles. The van der Waals surface area contributed by atoms with Gasteiger partial charge in [-0.2, -0.15) is 0 Å². The zero-order chi connectivity index (χ0) is 10.4. The number of hydrogen-bond donors (Lipinski definition) is 2. The van der Waals surface area contributed by atoms with Gasteiger partial charge in [0, 0.05) is 27.4 Å². The van der Waals surface area contributed by atoms with E-state index in [9.17, 15) is 0 Å². The van der Waals surface area contributed by atoms with Crippen molar-refractivity contribution in [3.8, 4) is 0 Å². The molecule has 2 nitrogen and oxygen atoms in total. The van der Waals surface area contributed by atoms with Crippen LogP contribution in [0.25, 0.3) is 0 Å². The highest BCUT2D eigenvalue weighted by atomic mass is 79.9. The normalized spacial score (nSPS) is 11.0. The Morgan fingerprint density at radius 2 is 2.14 bits per heavy atom. The molecule has 0 amide bonds. The second-order valence-electron chi connectivity index (χ2n) is 2.70. The molecular formula is C10H13BrN2S. The van der Waals surface area contributed by atoms with E-state index < -0.39 is 0 Å². The summed E-state index contributed by atoms with van der Waals surface area (Å²) >= 11 is 5.08. The lowest BCUT2D eigenvalue weighted by atomic mass is 10.3. The van der Waals surface area contributed by atoms with Crippen LogP contribution in [0.15, 0.2) is 39.7 Å². The first-order chi connectivity index (χ1) is 6.74. The third kappa shape index (κ3) is 3.74. The summed E-state index contributed by atoms with van der Waals surface area (Å²) in [6, 6.07) is 5.92. The molecule has 0 radical (unpaired) electrons. The molecule has 4 heteroatoms. The highest BCUT2D eigenvalue weighted by Crippen LogP contribution is 2.27. The van der Waals surface area contributed by atoms with Crippen LogP contribution in [0, 0.1) is 0 Å². The number of anilines is 1. The van der Waals surface area contributed by atoms with Gasteiger partial charge in [-0.1, -0.05) is 28.1 Å². The maximum absolute atomic E-state index is 5.84. The molecule has 0 fully saturated rings. The van der Waals surface area contributed by atoms with Gasteiger partial charge in [-0.3, -0.25) is 0 Å². The van der Waals surface area contributed by atoms with Gasteiger partial charge in [-0.15, -0.1) is 11.8 Å². The number of halogens is 1. The number of nitrogens with two attached hydrogens (primary N) is 2. The maximum atomic E-state index is 5.84. The fourth-order valence-electron chi connectivity index (χ4n) is 0.953. The third-order valence-corrected chi connectivity index (χ3v) is 3.14. The fraction of sp³-hybridized carbons (Fsp3) is 0.200. The molecule has 0 unspecified atom stereocenters. The predicted molar refractivity (Wildman–Crippen MR) is 67.5 cm³/mol. The Kier molecular flexibility index (Phi) is 5.07. The number of rotatable bonds is 4. The molecule has 1 aromatic rings. The number of nitrogen functional groups attached to an aromatic ring is 1. The Morgan fingerprint density at radius 1 is 1.36 bits per heavy atom. The van der Waals surface area contributed by atoms with Crippen LogP contribution < -0.4 is 11.5 Å². The Morgan fingerprint density at radius 3 is 2.79 bits per heavy atom. The minimum Gasteiger partial charge on any atom is -0.398 e. The Hall–Kier alpha value is -0.450. The minimum absolute atomic E-state index is 0.594. The molecule has 0 spiro atoms. The summed E-state index contributed by atoms with van der Waals surface area (Å²) in [5.74, 6) is 0.906. The van der Waals surface area contributed by atoms with Gasteiger partial charge >= 0.3 is 0 Å². The molecule has 0 aliphatic heterocycles. The Bertz CT molecular complexity index is 326. The molecule has 4 N–H and O–H groups in total. The zero-order valence-electron chi connectivity index (χ0n) is 7.74. The van der Waals surface area contributed by atoms with Crippen LogP contribution in [-0.4, -0.2) is 12.3 Å². The standard InChI is InChI=1S/C10H13BrN2S/c11-8-3-4-10(9(13)7-8)14-6-2-1-5-12/h1-4,7H,5-6,12-13H2. The molecular weight excluding hydrogens is 260 g/mol. The van der Waals surface area contributed by atoms with Crippen molar-refractivity contribution in [2.45, 2.75) is 4.90 Å². The average Bonchev–Trinajstić information content (AvgIpc) is 2.15. The van der Waals surface area contributed by atoms with Crippen molar-refractivity contribution in [3.63, 3.8) is 0 Å². The van der Waals surface area contributed by atoms with Crippen molar-refractivity contribution in [2.24, 2.45) is 5.73 Å². The lowest BCUT2D eigenvalue weighted by Crippen LogP contribution is -1.92. The summed E-state index contributed by atoms with van der Waals surface area (Å²) < 4.78 is 1.01.